The smallest absolute Gasteiger partial charge is 0.338 e. The second-order valence-electron chi connectivity index (χ2n) is 8.08. The maximum Gasteiger partial charge on any atom is 0.338 e. The van der Waals surface area contributed by atoms with Gasteiger partial charge in [0.25, 0.3) is 0 Å². The number of rotatable bonds is 6. The van der Waals surface area contributed by atoms with Gasteiger partial charge in [-0.25, -0.2) is 14.4 Å². The van der Waals surface area contributed by atoms with Gasteiger partial charge in [0.2, 0.25) is 0 Å². The summed E-state index contributed by atoms with van der Waals surface area (Å²) in [6.07, 6.45) is -5.07. The predicted octanol–water partition coefficient (Wildman–Crippen LogP) is 3.42. The van der Waals surface area contributed by atoms with Gasteiger partial charge in [0.1, 0.15) is 6.10 Å². The van der Waals surface area contributed by atoms with Gasteiger partial charge < -0.3 is 23.7 Å². The van der Waals surface area contributed by atoms with Crippen molar-refractivity contribution in [2.75, 3.05) is 6.61 Å². The lowest BCUT2D eigenvalue weighted by molar-refractivity contribution is -0.228. The quantitative estimate of drug-likeness (QED) is 0.396. The minimum Gasteiger partial charge on any atom is -0.452 e. The molecule has 5 unspecified atom stereocenters. The van der Waals surface area contributed by atoms with E-state index in [9.17, 15) is 14.4 Å². The minimum atomic E-state index is -1.16. The summed E-state index contributed by atoms with van der Waals surface area (Å²) >= 11 is 0. The largest absolute Gasteiger partial charge is 0.452 e. The molecule has 2 fully saturated rings. The molecule has 3 aromatic carbocycles. The number of carbonyl (C=O) groups is 3. The van der Waals surface area contributed by atoms with Crippen LogP contribution in [0.1, 0.15) is 31.1 Å². The molecule has 2 aliphatic heterocycles. The molecule has 5 atom stereocenters. The standard InChI is InChI=1S/C27H22O8/c28-24(17-10-4-1-5-11-17)33-21-20-16-31-27(32-20)23(35-26(30)19-14-8-3-9-15-19)22(21)34-25(29)18-12-6-2-7-13-18/h1-15,20-23,27H,16H2. The molecular formula is C27H22O8. The van der Waals surface area contributed by atoms with E-state index in [0.29, 0.717) is 16.7 Å². The van der Waals surface area contributed by atoms with Gasteiger partial charge in [0.05, 0.1) is 23.3 Å². The third kappa shape index (κ3) is 4.94. The van der Waals surface area contributed by atoms with Crippen LogP contribution >= 0.6 is 0 Å². The first-order valence-electron chi connectivity index (χ1n) is 11.2. The summed E-state index contributed by atoms with van der Waals surface area (Å²) in [5.74, 6) is -1.93. The molecule has 2 bridgehead atoms. The second-order valence-corrected chi connectivity index (χ2v) is 8.08. The number of esters is 3. The van der Waals surface area contributed by atoms with Crippen LogP contribution < -0.4 is 0 Å². The van der Waals surface area contributed by atoms with Gasteiger partial charge in [-0.05, 0) is 36.4 Å². The zero-order chi connectivity index (χ0) is 24.2. The molecule has 0 amide bonds. The monoisotopic (exact) mass is 474 g/mol. The van der Waals surface area contributed by atoms with Crippen molar-refractivity contribution in [3.63, 3.8) is 0 Å². The van der Waals surface area contributed by atoms with E-state index < -0.39 is 48.6 Å². The Morgan fingerprint density at radius 1 is 0.571 bits per heavy atom. The van der Waals surface area contributed by atoms with Crippen LogP contribution in [-0.4, -0.2) is 55.2 Å². The second kappa shape index (κ2) is 10.1. The van der Waals surface area contributed by atoms with Gasteiger partial charge in [-0.3, -0.25) is 0 Å². The first-order valence-corrected chi connectivity index (χ1v) is 11.2. The first-order chi connectivity index (χ1) is 17.1. The fraction of sp³-hybridized carbons (Fsp3) is 0.222. The average Bonchev–Trinajstić information content (AvgIpc) is 3.35. The van der Waals surface area contributed by atoms with Gasteiger partial charge in [0, 0.05) is 0 Å². The van der Waals surface area contributed by atoms with Crippen LogP contribution in [0.25, 0.3) is 0 Å². The molecule has 0 N–H and O–H groups in total. The molecule has 5 rings (SSSR count). The van der Waals surface area contributed by atoms with Gasteiger partial charge in [-0.2, -0.15) is 0 Å². The normalized spacial score (nSPS) is 24.9. The number of hydrogen-bond donors (Lipinski definition) is 0. The van der Waals surface area contributed by atoms with E-state index in [1.165, 1.54) is 0 Å². The highest BCUT2D eigenvalue weighted by molar-refractivity contribution is 5.91. The molecule has 35 heavy (non-hydrogen) atoms. The Labute approximate surface area is 201 Å². The summed E-state index contributed by atoms with van der Waals surface area (Å²) in [5, 5.41) is 0. The van der Waals surface area contributed by atoms with E-state index in [-0.39, 0.29) is 6.61 Å². The Morgan fingerprint density at radius 2 is 0.971 bits per heavy atom. The Kier molecular flexibility index (Phi) is 6.56. The third-order valence-electron chi connectivity index (χ3n) is 5.77. The van der Waals surface area contributed by atoms with Gasteiger partial charge in [-0.15, -0.1) is 0 Å². The van der Waals surface area contributed by atoms with E-state index in [1.807, 2.05) is 0 Å². The topological polar surface area (TPSA) is 97.4 Å². The number of ether oxygens (including phenoxy) is 5. The summed E-state index contributed by atoms with van der Waals surface area (Å²) in [7, 11) is 0. The maximum absolute atomic E-state index is 13.0. The van der Waals surface area contributed by atoms with Gasteiger partial charge in [-0.1, -0.05) is 54.6 Å². The summed E-state index contributed by atoms with van der Waals surface area (Å²) < 4.78 is 28.8. The Balaban J connectivity index is 1.44. The highest BCUT2D eigenvalue weighted by atomic mass is 16.8. The van der Waals surface area contributed by atoms with Crippen LogP contribution in [0.3, 0.4) is 0 Å². The van der Waals surface area contributed by atoms with Crippen LogP contribution in [0.4, 0.5) is 0 Å². The molecule has 0 aliphatic carbocycles. The zero-order valence-corrected chi connectivity index (χ0v) is 18.5. The fourth-order valence-corrected chi connectivity index (χ4v) is 4.04. The highest BCUT2D eigenvalue weighted by Crippen LogP contribution is 2.35. The number of benzene rings is 3. The lowest BCUT2D eigenvalue weighted by Gasteiger charge is -2.39. The van der Waals surface area contributed by atoms with Gasteiger partial charge in [0.15, 0.2) is 24.6 Å². The molecule has 0 aromatic heterocycles. The van der Waals surface area contributed by atoms with Crippen LogP contribution in [0.2, 0.25) is 0 Å². The van der Waals surface area contributed by atoms with E-state index in [4.69, 9.17) is 23.7 Å². The molecule has 2 aliphatic rings. The molecule has 178 valence electrons. The molecule has 8 heteroatoms. The maximum atomic E-state index is 13.0. The molecule has 3 aromatic rings. The summed E-state index contributed by atoms with van der Waals surface area (Å²) in [4.78, 5) is 38.7. The van der Waals surface area contributed by atoms with Crippen molar-refractivity contribution >= 4 is 17.9 Å². The van der Waals surface area contributed by atoms with Crippen LogP contribution in [0, 0.1) is 0 Å². The van der Waals surface area contributed by atoms with E-state index >= 15 is 0 Å². The first kappa shape index (κ1) is 22.8. The highest BCUT2D eigenvalue weighted by Gasteiger charge is 2.56. The molecule has 2 saturated heterocycles. The van der Waals surface area contributed by atoms with E-state index in [1.54, 1.807) is 91.0 Å². The van der Waals surface area contributed by atoms with Crippen LogP contribution in [0.5, 0.6) is 0 Å². The Bertz CT molecular complexity index is 1110. The van der Waals surface area contributed by atoms with Crippen LogP contribution in [-0.2, 0) is 23.7 Å². The number of carbonyl (C=O) groups excluding carboxylic acids is 3. The molecule has 0 spiro atoms. The number of fused-ring (bicyclic) bond motifs is 2. The average molecular weight is 474 g/mol. The molecule has 2 heterocycles. The Morgan fingerprint density at radius 3 is 1.43 bits per heavy atom. The zero-order valence-electron chi connectivity index (χ0n) is 18.5. The lowest BCUT2D eigenvalue weighted by Crippen LogP contribution is -2.58. The minimum absolute atomic E-state index is 0.0795. The van der Waals surface area contributed by atoms with Crippen molar-refractivity contribution in [2.24, 2.45) is 0 Å². The van der Waals surface area contributed by atoms with Gasteiger partial charge >= 0.3 is 17.9 Å². The predicted molar refractivity (Wildman–Crippen MR) is 122 cm³/mol. The molecular weight excluding hydrogens is 452 g/mol. The summed E-state index contributed by atoms with van der Waals surface area (Å²) in [5.41, 5.74) is 0.923. The van der Waals surface area contributed by atoms with E-state index in [2.05, 4.69) is 0 Å². The van der Waals surface area contributed by atoms with Crippen molar-refractivity contribution in [3.05, 3.63) is 108 Å². The van der Waals surface area contributed by atoms with Crippen molar-refractivity contribution < 1.29 is 38.1 Å². The Hall–Kier alpha value is -4.01. The van der Waals surface area contributed by atoms with Crippen molar-refractivity contribution in [3.8, 4) is 0 Å². The summed E-state index contributed by atoms with van der Waals surface area (Å²) in [6.45, 7) is 0.0795. The fourth-order valence-electron chi connectivity index (χ4n) is 4.04. The lowest BCUT2D eigenvalue weighted by atomic mass is 9.99. The number of hydrogen-bond acceptors (Lipinski definition) is 8. The SMILES string of the molecule is O=C(OC1C2COC(O2)C(OC(=O)c2ccccc2)C1OC(=O)c1ccccc1)c1ccccc1. The van der Waals surface area contributed by atoms with Crippen molar-refractivity contribution in [1.29, 1.82) is 0 Å². The molecule has 8 nitrogen and oxygen atoms in total. The molecule has 0 radical (unpaired) electrons. The third-order valence-corrected chi connectivity index (χ3v) is 5.77. The molecule has 0 saturated carbocycles. The summed E-state index contributed by atoms with van der Waals surface area (Å²) in [6, 6.07) is 25.2. The van der Waals surface area contributed by atoms with Crippen molar-refractivity contribution in [1.82, 2.24) is 0 Å². The van der Waals surface area contributed by atoms with E-state index in [0.717, 1.165) is 0 Å². The van der Waals surface area contributed by atoms with Crippen molar-refractivity contribution in [2.45, 2.75) is 30.7 Å². The van der Waals surface area contributed by atoms with Crippen LogP contribution in [0.15, 0.2) is 91.0 Å².